The van der Waals surface area contributed by atoms with E-state index in [2.05, 4.69) is 20.6 Å². The average molecular weight is 269 g/mol. The molecular formula is C9H12ClF3N4. The summed E-state index contributed by atoms with van der Waals surface area (Å²) in [5.41, 5.74) is -0.831. The molecule has 2 rings (SSSR count). The molecule has 0 bridgehead atoms. The van der Waals surface area contributed by atoms with E-state index < -0.39 is 11.7 Å². The number of halogens is 4. The van der Waals surface area contributed by atoms with Crippen molar-refractivity contribution in [2.75, 3.05) is 18.4 Å². The summed E-state index contributed by atoms with van der Waals surface area (Å²) in [5.74, 6) is 0.238. The largest absolute Gasteiger partial charge is 0.419 e. The fourth-order valence-corrected chi connectivity index (χ4v) is 1.51. The Labute approximate surface area is 102 Å². The van der Waals surface area contributed by atoms with Crippen molar-refractivity contribution in [2.45, 2.75) is 18.6 Å². The minimum absolute atomic E-state index is 0. The highest BCUT2D eigenvalue weighted by atomic mass is 35.5. The summed E-state index contributed by atoms with van der Waals surface area (Å²) in [4.78, 5) is 7.28. The number of nitrogens with one attached hydrogen (secondary N) is 2. The van der Waals surface area contributed by atoms with Gasteiger partial charge in [0.05, 0.1) is 5.56 Å². The normalized spacial score (nSPS) is 19.8. The fraction of sp³-hybridized carbons (Fsp3) is 0.556. The van der Waals surface area contributed by atoms with Crippen molar-refractivity contribution >= 4 is 18.4 Å². The van der Waals surface area contributed by atoms with Crippen molar-refractivity contribution in [2.24, 2.45) is 0 Å². The van der Waals surface area contributed by atoms with Crippen LogP contribution in [0.15, 0.2) is 12.4 Å². The standard InChI is InChI=1S/C9H11F3N4.ClH/c10-9(11,12)6-3-14-8(15-4-6)16-7-1-2-13-5-7;/h3-4,7,13H,1-2,5H2,(H,14,15,16);1H. The smallest absolute Gasteiger partial charge is 0.350 e. The molecule has 1 aliphatic rings. The van der Waals surface area contributed by atoms with E-state index in [1.807, 2.05) is 0 Å². The molecule has 0 aromatic carbocycles. The third kappa shape index (κ3) is 3.71. The van der Waals surface area contributed by atoms with Crippen LogP contribution in [0.3, 0.4) is 0 Å². The molecule has 0 radical (unpaired) electrons. The summed E-state index contributed by atoms with van der Waals surface area (Å²) in [7, 11) is 0. The molecule has 2 N–H and O–H groups in total. The number of nitrogens with zero attached hydrogens (tertiary/aromatic N) is 2. The van der Waals surface area contributed by atoms with E-state index in [-0.39, 0.29) is 24.4 Å². The topological polar surface area (TPSA) is 49.8 Å². The van der Waals surface area contributed by atoms with E-state index in [9.17, 15) is 13.2 Å². The Kier molecular flexibility index (Phi) is 4.53. The van der Waals surface area contributed by atoms with Crippen LogP contribution in [-0.2, 0) is 6.18 Å². The summed E-state index contributed by atoms with van der Waals surface area (Å²) >= 11 is 0. The maximum absolute atomic E-state index is 12.2. The molecule has 1 aromatic heterocycles. The molecule has 96 valence electrons. The number of anilines is 1. The number of alkyl halides is 3. The van der Waals surface area contributed by atoms with Gasteiger partial charge < -0.3 is 10.6 Å². The van der Waals surface area contributed by atoms with Gasteiger partial charge >= 0.3 is 6.18 Å². The minimum Gasteiger partial charge on any atom is -0.350 e. The number of aromatic nitrogens is 2. The number of hydrogen-bond donors (Lipinski definition) is 2. The molecule has 4 nitrogen and oxygen atoms in total. The second kappa shape index (κ2) is 5.50. The Morgan fingerprint density at radius 1 is 1.29 bits per heavy atom. The number of rotatable bonds is 2. The van der Waals surface area contributed by atoms with E-state index >= 15 is 0 Å². The first-order valence-corrected chi connectivity index (χ1v) is 4.92. The summed E-state index contributed by atoms with van der Waals surface area (Å²) < 4.78 is 36.6. The summed E-state index contributed by atoms with van der Waals surface area (Å²) in [5, 5.41) is 6.10. The molecule has 1 saturated heterocycles. The summed E-state index contributed by atoms with van der Waals surface area (Å²) in [6.07, 6.45) is -1.88. The van der Waals surface area contributed by atoms with Gasteiger partial charge in [-0.25, -0.2) is 9.97 Å². The molecule has 1 unspecified atom stereocenters. The van der Waals surface area contributed by atoms with Crippen LogP contribution in [0.2, 0.25) is 0 Å². The summed E-state index contributed by atoms with van der Waals surface area (Å²) in [6, 6.07) is 0.191. The van der Waals surface area contributed by atoms with Crippen molar-refractivity contribution in [3.8, 4) is 0 Å². The molecule has 0 spiro atoms. The van der Waals surface area contributed by atoms with Crippen LogP contribution in [0.1, 0.15) is 12.0 Å². The van der Waals surface area contributed by atoms with Crippen LogP contribution in [0, 0.1) is 0 Å². The van der Waals surface area contributed by atoms with Gasteiger partial charge in [-0.15, -0.1) is 12.4 Å². The zero-order valence-electron chi connectivity index (χ0n) is 8.79. The second-order valence-corrected chi connectivity index (χ2v) is 3.63. The lowest BCUT2D eigenvalue weighted by atomic mass is 10.3. The van der Waals surface area contributed by atoms with E-state index in [0.29, 0.717) is 0 Å². The van der Waals surface area contributed by atoms with Gasteiger partial charge in [0, 0.05) is 25.0 Å². The van der Waals surface area contributed by atoms with Gasteiger partial charge in [-0.2, -0.15) is 13.2 Å². The van der Waals surface area contributed by atoms with E-state index in [1.54, 1.807) is 0 Å². The highest BCUT2D eigenvalue weighted by molar-refractivity contribution is 5.85. The first kappa shape index (κ1) is 14.0. The molecule has 1 fully saturated rings. The predicted octanol–water partition coefficient (Wildman–Crippen LogP) is 1.69. The third-order valence-corrected chi connectivity index (χ3v) is 2.37. The molecule has 8 heteroatoms. The lowest BCUT2D eigenvalue weighted by Gasteiger charge is -2.11. The third-order valence-electron chi connectivity index (χ3n) is 2.37. The molecule has 17 heavy (non-hydrogen) atoms. The van der Waals surface area contributed by atoms with Crippen molar-refractivity contribution in [1.29, 1.82) is 0 Å². The maximum Gasteiger partial charge on any atom is 0.419 e. The average Bonchev–Trinajstić information content (AvgIpc) is 2.70. The Hall–Kier alpha value is -1.08. The Balaban J connectivity index is 0.00000144. The Morgan fingerprint density at radius 2 is 1.94 bits per heavy atom. The van der Waals surface area contributed by atoms with Crippen LogP contribution in [0.25, 0.3) is 0 Å². The van der Waals surface area contributed by atoms with Crippen molar-refractivity contribution in [1.82, 2.24) is 15.3 Å². The van der Waals surface area contributed by atoms with Gasteiger partial charge in [0.1, 0.15) is 0 Å². The highest BCUT2D eigenvalue weighted by Gasteiger charge is 2.31. The zero-order valence-corrected chi connectivity index (χ0v) is 9.61. The van der Waals surface area contributed by atoms with E-state index in [4.69, 9.17) is 0 Å². The zero-order chi connectivity index (χ0) is 11.6. The predicted molar refractivity (Wildman–Crippen MR) is 59.2 cm³/mol. The van der Waals surface area contributed by atoms with Crippen LogP contribution in [-0.4, -0.2) is 29.1 Å². The minimum atomic E-state index is -4.38. The first-order valence-electron chi connectivity index (χ1n) is 4.92. The first-order chi connectivity index (χ1) is 7.55. The van der Waals surface area contributed by atoms with Crippen LogP contribution in [0.4, 0.5) is 19.1 Å². The van der Waals surface area contributed by atoms with Crippen molar-refractivity contribution in [3.63, 3.8) is 0 Å². The molecule has 0 aliphatic carbocycles. The summed E-state index contributed by atoms with van der Waals surface area (Å²) in [6.45, 7) is 1.68. The fourth-order valence-electron chi connectivity index (χ4n) is 1.51. The lowest BCUT2D eigenvalue weighted by Crippen LogP contribution is -2.23. The van der Waals surface area contributed by atoms with Gasteiger partial charge in [0.2, 0.25) is 5.95 Å². The monoisotopic (exact) mass is 268 g/mol. The SMILES string of the molecule is Cl.FC(F)(F)c1cnc(NC2CCNC2)nc1. The molecule has 2 heterocycles. The molecule has 1 aromatic rings. The highest BCUT2D eigenvalue weighted by Crippen LogP contribution is 2.28. The van der Waals surface area contributed by atoms with Gasteiger partial charge in [-0.05, 0) is 13.0 Å². The van der Waals surface area contributed by atoms with E-state index in [0.717, 1.165) is 31.9 Å². The second-order valence-electron chi connectivity index (χ2n) is 3.63. The van der Waals surface area contributed by atoms with Gasteiger partial charge in [0.15, 0.2) is 0 Å². The van der Waals surface area contributed by atoms with Gasteiger partial charge in [-0.1, -0.05) is 0 Å². The van der Waals surface area contributed by atoms with E-state index in [1.165, 1.54) is 0 Å². The van der Waals surface area contributed by atoms with Crippen LogP contribution >= 0.6 is 12.4 Å². The maximum atomic E-state index is 12.2. The molecule has 1 aliphatic heterocycles. The molecule has 1 atom stereocenters. The molecular weight excluding hydrogens is 257 g/mol. The van der Waals surface area contributed by atoms with Gasteiger partial charge in [-0.3, -0.25) is 0 Å². The quantitative estimate of drug-likeness (QED) is 0.857. The Bertz CT molecular complexity index is 348. The molecule has 0 amide bonds. The molecule has 0 saturated carbocycles. The van der Waals surface area contributed by atoms with Crippen molar-refractivity contribution in [3.05, 3.63) is 18.0 Å². The number of hydrogen-bond acceptors (Lipinski definition) is 4. The lowest BCUT2D eigenvalue weighted by molar-refractivity contribution is -0.138. The van der Waals surface area contributed by atoms with Gasteiger partial charge in [0.25, 0.3) is 0 Å². The Morgan fingerprint density at radius 3 is 2.41 bits per heavy atom. The van der Waals surface area contributed by atoms with Crippen LogP contribution < -0.4 is 10.6 Å². The van der Waals surface area contributed by atoms with Crippen LogP contribution in [0.5, 0.6) is 0 Å². The van der Waals surface area contributed by atoms with Crippen molar-refractivity contribution < 1.29 is 13.2 Å².